The van der Waals surface area contributed by atoms with E-state index in [4.69, 9.17) is 4.74 Å². The third-order valence-corrected chi connectivity index (χ3v) is 3.84. The summed E-state index contributed by atoms with van der Waals surface area (Å²) in [6.07, 6.45) is 3.58. The zero-order valence-corrected chi connectivity index (χ0v) is 11.6. The zero-order chi connectivity index (χ0) is 13.9. The quantitative estimate of drug-likeness (QED) is 0.909. The average Bonchev–Trinajstić information content (AvgIpc) is 2.93. The maximum Gasteiger partial charge on any atom is 0.131 e. The predicted molar refractivity (Wildman–Crippen MR) is 78.7 cm³/mol. The number of halogens is 1. The van der Waals surface area contributed by atoms with E-state index in [0.29, 0.717) is 17.9 Å². The van der Waals surface area contributed by atoms with Crippen molar-refractivity contribution in [1.29, 1.82) is 0 Å². The lowest BCUT2D eigenvalue weighted by Gasteiger charge is -2.10. The van der Waals surface area contributed by atoms with Crippen molar-refractivity contribution in [2.75, 3.05) is 12.4 Å². The zero-order valence-electron chi connectivity index (χ0n) is 11.6. The number of ether oxygens (including phenoxy) is 1. The van der Waals surface area contributed by atoms with E-state index in [1.165, 1.54) is 37.1 Å². The predicted octanol–water partition coefficient (Wildman–Crippen LogP) is 3.94. The molecular weight excluding hydrogens is 253 g/mol. The Kier molecular flexibility index (Phi) is 3.59. The van der Waals surface area contributed by atoms with Crippen LogP contribution in [0.15, 0.2) is 36.4 Å². The normalized spacial score (nSPS) is 13.1. The molecule has 3 heteroatoms. The molecule has 2 aromatic carbocycles. The van der Waals surface area contributed by atoms with E-state index in [0.717, 1.165) is 12.1 Å². The number of fused-ring (bicyclic) bond motifs is 1. The van der Waals surface area contributed by atoms with Crippen molar-refractivity contribution in [3.05, 3.63) is 58.9 Å². The van der Waals surface area contributed by atoms with Gasteiger partial charge in [0.05, 0.1) is 7.11 Å². The van der Waals surface area contributed by atoms with Crippen LogP contribution in [0.25, 0.3) is 0 Å². The minimum Gasteiger partial charge on any atom is -0.497 e. The van der Waals surface area contributed by atoms with Gasteiger partial charge >= 0.3 is 0 Å². The van der Waals surface area contributed by atoms with Crippen molar-refractivity contribution in [1.82, 2.24) is 0 Å². The van der Waals surface area contributed by atoms with E-state index in [1.54, 1.807) is 12.1 Å². The van der Waals surface area contributed by atoms with Gasteiger partial charge in [-0.05, 0) is 48.6 Å². The van der Waals surface area contributed by atoms with Crippen LogP contribution in [0.2, 0.25) is 0 Å². The Morgan fingerprint density at radius 3 is 2.75 bits per heavy atom. The first-order valence-electron chi connectivity index (χ1n) is 6.94. The smallest absolute Gasteiger partial charge is 0.131 e. The fourth-order valence-electron chi connectivity index (χ4n) is 2.68. The van der Waals surface area contributed by atoms with Crippen molar-refractivity contribution >= 4 is 5.69 Å². The molecule has 0 unspecified atom stereocenters. The number of nitrogens with one attached hydrogen (secondary N) is 1. The minimum atomic E-state index is -0.238. The Labute approximate surface area is 118 Å². The van der Waals surface area contributed by atoms with E-state index >= 15 is 0 Å². The number of anilines is 1. The van der Waals surface area contributed by atoms with Gasteiger partial charge in [-0.15, -0.1) is 0 Å². The Hall–Kier alpha value is -2.03. The summed E-state index contributed by atoms with van der Waals surface area (Å²) in [6, 6.07) is 11.4. The van der Waals surface area contributed by atoms with Crippen LogP contribution in [0.5, 0.6) is 5.75 Å². The van der Waals surface area contributed by atoms with Gasteiger partial charge in [0.15, 0.2) is 0 Å². The minimum absolute atomic E-state index is 0.238. The van der Waals surface area contributed by atoms with Crippen molar-refractivity contribution in [2.45, 2.75) is 25.8 Å². The van der Waals surface area contributed by atoms with Gasteiger partial charge in [0, 0.05) is 23.9 Å². The van der Waals surface area contributed by atoms with Gasteiger partial charge in [-0.25, -0.2) is 4.39 Å². The number of aryl methyl sites for hydroxylation is 2. The molecule has 2 aromatic rings. The molecule has 0 saturated carbocycles. The fourth-order valence-corrected chi connectivity index (χ4v) is 2.68. The summed E-state index contributed by atoms with van der Waals surface area (Å²) in [5.74, 6) is 0.307. The van der Waals surface area contributed by atoms with E-state index in [1.807, 2.05) is 0 Å². The topological polar surface area (TPSA) is 21.3 Å². The van der Waals surface area contributed by atoms with E-state index in [-0.39, 0.29) is 5.82 Å². The van der Waals surface area contributed by atoms with Gasteiger partial charge in [0.25, 0.3) is 0 Å². The standard InChI is InChI=1S/C17H18FNO/c1-20-16-8-6-14(17(18)10-16)11-19-15-7-5-12-3-2-4-13(12)9-15/h5-10,19H,2-4,11H2,1H3. The number of hydrogen-bond donors (Lipinski definition) is 1. The second kappa shape index (κ2) is 5.53. The summed E-state index contributed by atoms with van der Waals surface area (Å²) < 4.78 is 18.8. The molecule has 0 heterocycles. The van der Waals surface area contributed by atoms with E-state index < -0.39 is 0 Å². The maximum absolute atomic E-state index is 13.8. The number of rotatable bonds is 4. The number of methoxy groups -OCH3 is 1. The van der Waals surface area contributed by atoms with Crippen LogP contribution in [0, 0.1) is 5.82 Å². The number of hydrogen-bond acceptors (Lipinski definition) is 2. The van der Waals surface area contributed by atoms with Crippen LogP contribution in [0.4, 0.5) is 10.1 Å². The van der Waals surface area contributed by atoms with Gasteiger partial charge in [-0.3, -0.25) is 0 Å². The summed E-state index contributed by atoms with van der Waals surface area (Å²) in [6.45, 7) is 0.481. The van der Waals surface area contributed by atoms with Crippen LogP contribution >= 0.6 is 0 Å². The highest BCUT2D eigenvalue weighted by atomic mass is 19.1. The second-order valence-electron chi connectivity index (χ2n) is 5.15. The molecule has 1 aliphatic rings. The number of benzene rings is 2. The van der Waals surface area contributed by atoms with E-state index in [2.05, 4.69) is 23.5 Å². The Morgan fingerprint density at radius 2 is 1.95 bits per heavy atom. The molecule has 0 atom stereocenters. The van der Waals surface area contributed by atoms with Crippen LogP contribution in [0.1, 0.15) is 23.1 Å². The molecule has 1 N–H and O–H groups in total. The van der Waals surface area contributed by atoms with Gasteiger partial charge in [0.1, 0.15) is 11.6 Å². The Bertz CT molecular complexity index is 624. The molecular formula is C17H18FNO. The molecule has 0 fully saturated rings. The van der Waals surface area contributed by atoms with Crippen molar-refractivity contribution in [3.8, 4) is 5.75 Å². The fraction of sp³-hybridized carbons (Fsp3) is 0.294. The molecule has 0 amide bonds. The first kappa shape index (κ1) is 13.0. The molecule has 0 bridgehead atoms. The van der Waals surface area contributed by atoms with Crippen LogP contribution in [-0.2, 0) is 19.4 Å². The first-order valence-corrected chi connectivity index (χ1v) is 6.94. The van der Waals surface area contributed by atoms with E-state index in [9.17, 15) is 4.39 Å². The van der Waals surface area contributed by atoms with Gasteiger partial charge < -0.3 is 10.1 Å². The largest absolute Gasteiger partial charge is 0.497 e. The monoisotopic (exact) mass is 271 g/mol. The highest BCUT2D eigenvalue weighted by molar-refractivity contribution is 5.50. The highest BCUT2D eigenvalue weighted by Gasteiger charge is 2.11. The molecule has 0 aromatic heterocycles. The van der Waals surface area contributed by atoms with Crippen molar-refractivity contribution in [2.24, 2.45) is 0 Å². The molecule has 0 spiro atoms. The molecule has 20 heavy (non-hydrogen) atoms. The van der Waals surface area contributed by atoms with Crippen LogP contribution in [0.3, 0.4) is 0 Å². The summed E-state index contributed by atoms with van der Waals surface area (Å²) in [7, 11) is 1.54. The first-order chi connectivity index (χ1) is 9.76. The van der Waals surface area contributed by atoms with Crippen LogP contribution < -0.4 is 10.1 Å². The van der Waals surface area contributed by atoms with Gasteiger partial charge in [0.2, 0.25) is 0 Å². The summed E-state index contributed by atoms with van der Waals surface area (Å²) >= 11 is 0. The lowest BCUT2D eigenvalue weighted by atomic mass is 10.1. The molecule has 3 rings (SSSR count). The second-order valence-corrected chi connectivity index (χ2v) is 5.15. The molecule has 1 aliphatic carbocycles. The highest BCUT2D eigenvalue weighted by Crippen LogP contribution is 2.25. The Balaban J connectivity index is 1.70. The van der Waals surface area contributed by atoms with Crippen molar-refractivity contribution < 1.29 is 9.13 Å². The molecule has 2 nitrogen and oxygen atoms in total. The average molecular weight is 271 g/mol. The summed E-state index contributed by atoms with van der Waals surface area (Å²) in [4.78, 5) is 0. The third kappa shape index (κ3) is 2.62. The molecule has 0 saturated heterocycles. The SMILES string of the molecule is COc1ccc(CNc2ccc3c(c2)CCC3)c(F)c1. The van der Waals surface area contributed by atoms with Gasteiger partial charge in [-0.2, -0.15) is 0 Å². The summed E-state index contributed by atoms with van der Waals surface area (Å²) in [5, 5.41) is 3.29. The Morgan fingerprint density at radius 1 is 1.10 bits per heavy atom. The van der Waals surface area contributed by atoms with Crippen molar-refractivity contribution in [3.63, 3.8) is 0 Å². The molecule has 0 aliphatic heterocycles. The summed E-state index contributed by atoms with van der Waals surface area (Å²) in [5.41, 5.74) is 4.57. The molecule has 104 valence electrons. The maximum atomic E-state index is 13.8. The lowest BCUT2D eigenvalue weighted by molar-refractivity contribution is 0.411. The third-order valence-electron chi connectivity index (χ3n) is 3.84. The lowest BCUT2D eigenvalue weighted by Crippen LogP contribution is -2.02. The molecule has 0 radical (unpaired) electrons. The van der Waals surface area contributed by atoms with Crippen LogP contribution in [-0.4, -0.2) is 7.11 Å². The van der Waals surface area contributed by atoms with Gasteiger partial charge in [-0.1, -0.05) is 12.1 Å².